The minimum absolute atomic E-state index is 0.321. The van der Waals surface area contributed by atoms with E-state index in [1.807, 2.05) is 31.1 Å². The molecule has 0 saturated carbocycles. The third-order valence-corrected chi connectivity index (χ3v) is 6.86. The molecule has 0 spiro atoms. The minimum atomic E-state index is 0.321. The Morgan fingerprint density at radius 1 is 1.33 bits per heavy atom. The summed E-state index contributed by atoms with van der Waals surface area (Å²) in [6.07, 6.45) is 3.08. The van der Waals surface area contributed by atoms with E-state index >= 15 is 0 Å². The van der Waals surface area contributed by atoms with Crippen molar-refractivity contribution in [1.29, 1.82) is 0 Å². The molecule has 2 aromatic rings. The predicted molar refractivity (Wildman–Crippen MR) is 89.8 cm³/mol. The maximum absolute atomic E-state index is 5.35. The summed E-state index contributed by atoms with van der Waals surface area (Å²) in [5.74, 6) is 0.917. The first-order valence-electron chi connectivity index (χ1n) is 6.63. The van der Waals surface area contributed by atoms with E-state index in [1.165, 1.54) is 11.1 Å². The predicted octanol–water partition coefficient (Wildman–Crippen LogP) is 3.25. The topological polar surface area (TPSA) is 47.0 Å². The van der Waals surface area contributed by atoms with Gasteiger partial charge in [-0.15, -0.1) is 10.2 Å². The fourth-order valence-corrected chi connectivity index (χ4v) is 5.61. The Labute approximate surface area is 137 Å². The van der Waals surface area contributed by atoms with Gasteiger partial charge in [0, 0.05) is 11.3 Å². The van der Waals surface area contributed by atoms with Gasteiger partial charge in [0.1, 0.15) is 5.75 Å². The highest BCUT2D eigenvalue weighted by Gasteiger charge is 2.33. The number of nitrogens with one attached hydrogen (secondary N) is 1. The van der Waals surface area contributed by atoms with E-state index in [0.717, 1.165) is 20.8 Å². The first kappa shape index (κ1) is 15.1. The number of methoxy groups -OCH3 is 1. The van der Waals surface area contributed by atoms with Crippen molar-refractivity contribution in [3.63, 3.8) is 0 Å². The molecule has 1 aromatic heterocycles. The lowest BCUT2D eigenvalue weighted by Crippen LogP contribution is -2.23. The number of benzene rings is 1. The molecule has 3 rings (SSSR count). The highest BCUT2D eigenvalue weighted by molar-refractivity contribution is 8.03. The van der Waals surface area contributed by atoms with Crippen LogP contribution in [-0.4, -0.2) is 35.9 Å². The molecule has 1 aliphatic carbocycles. The average Bonchev–Trinajstić information content (AvgIpc) is 3.10. The largest absolute Gasteiger partial charge is 0.497 e. The molecule has 1 heterocycles. The van der Waals surface area contributed by atoms with Gasteiger partial charge < -0.3 is 10.1 Å². The number of hydrogen-bond acceptors (Lipinski definition) is 7. The summed E-state index contributed by atoms with van der Waals surface area (Å²) in [5, 5.41) is 12.3. The van der Waals surface area contributed by atoms with Crippen LogP contribution in [0, 0.1) is 0 Å². The Balaban J connectivity index is 1.81. The lowest BCUT2D eigenvalue weighted by atomic mass is 10.1. The molecule has 1 aromatic carbocycles. The number of fused-ring (bicyclic) bond motifs is 1. The van der Waals surface area contributed by atoms with Gasteiger partial charge in [-0.1, -0.05) is 40.9 Å². The zero-order valence-corrected chi connectivity index (χ0v) is 14.6. The van der Waals surface area contributed by atoms with Crippen LogP contribution in [0.5, 0.6) is 5.75 Å². The SMILES string of the molecule is CNC1c2cc(OC)ccc2CC1Sc1nnc(SC)s1. The van der Waals surface area contributed by atoms with Crippen LogP contribution in [0.4, 0.5) is 0 Å². The maximum Gasteiger partial charge on any atom is 0.175 e. The number of rotatable bonds is 5. The molecule has 0 amide bonds. The number of hydrogen-bond donors (Lipinski definition) is 1. The zero-order valence-electron chi connectivity index (χ0n) is 12.1. The van der Waals surface area contributed by atoms with Gasteiger partial charge in [0.25, 0.3) is 0 Å². The van der Waals surface area contributed by atoms with Gasteiger partial charge in [-0.25, -0.2) is 0 Å². The average molecular weight is 340 g/mol. The summed E-state index contributed by atoms with van der Waals surface area (Å²) in [4.78, 5) is 0. The van der Waals surface area contributed by atoms with Crippen LogP contribution >= 0.6 is 34.9 Å². The van der Waals surface area contributed by atoms with E-state index in [4.69, 9.17) is 4.74 Å². The third kappa shape index (κ3) is 3.06. The van der Waals surface area contributed by atoms with Crippen LogP contribution < -0.4 is 10.1 Å². The van der Waals surface area contributed by atoms with Gasteiger partial charge in [-0.2, -0.15) is 0 Å². The molecule has 21 heavy (non-hydrogen) atoms. The van der Waals surface area contributed by atoms with Gasteiger partial charge in [-0.3, -0.25) is 0 Å². The van der Waals surface area contributed by atoms with Crippen molar-refractivity contribution in [3.8, 4) is 5.75 Å². The Morgan fingerprint density at radius 3 is 2.81 bits per heavy atom. The molecule has 2 unspecified atom stereocenters. The zero-order chi connectivity index (χ0) is 14.8. The quantitative estimate of drug-likeness (QED) is 0.844. The van der Waals surface area contributed by atoms with Crippen LogP contribution in [0.2, 0.25) is 0 Å². The molecule has 0 saturated heterocycles. The monoisotopic (exact) mass is 339 g/mol. The van der Waals surface area contributed by atoms with E-state index < -0.39 is 0 Å². The second kappa shape index (κ2) is 6.56. The number of aromatic nitrogens is 2. The molecule has 0 aliphatic heterocycles. The highest BCUT2D eigenvalue weighted by atomic mass is 32.2. The lowest BCUT2D eigenvalue weighted by Gasteiger charge is -2.18. The van der Waals surface area contributed by atoms with Crippen molar-refractivity contribution < 1.29 is 4.74 Å². The van der Waals surface area contributed by atoms with E-state index in [2.05, 4.69) is 27.6 Å². The Morgan fingerprint density at radius 2 is 2.14 bits per heavy atom. The highest BCUT2D eigenvalue weighted by Crippen LogP contribution is 2.43. The van der Waals surface area contributed by atoms with Crippen LogP contribution in [0.3, 0.4) is 0 Å². The maximum atomic E-state index is 5.35. The molecule has 7 heteroatoms. The molecule has 1 aliphatic rings. The fourth-order valence-electron chi connectivity index (χ4n) is 2.62. The summed E-state index contributed by atoms with van der Waals surface area (Å²) in [6.45, 7) is 0. The van der Waals surface area contributed by atoms with Crippen molar-refractivity contribution in [3.05, 3.63) is 29.3 Å². The van der Waals surface area contributed by atoms with Gasteiger partial charge >= 0.3 is 0 Å². The normalized spacial score (nSPS) is 20.5. The van der Waals surface area contributed by atoms with Gasteiger partial charge in [0.2, 0.25) is 0 Å². The smallest absolute Gasteiger partial charge is 0.175 e. The Kier molecular flexibility index (Phi) is 4.73. The second-order valence-corrected chi connectivity index (χ2v) is 8.25. The third-order valence-electron chi connectivity index (χ3n) is 3.61. The number of ether oxygens (including phenoxy) is 1. The van der Waals surface area contributed by atoms with E-state index in [0.29, 0.717) is 11.3 Å². The summed E-state index contributed by atoms with van der Waals surface area (Å²) in [6, 6.07) is 6.67. The first-order valence-corrected chi connectivity index (χ1v) is 9.55. The van der Waals surface area contributed by atoms with Gasteiger partial charge in [0.05, 0.1) is 7.11 Å². The molecule has 2 atom stereocenters. The Hall–Kier alpha value is -0.760. The first-order chi connectivity index (χ1) is 10.2. The fraction of sp³-hybridized carbons (Fsp3) is 0.429. The standard InChI is InChI=1S/C14H17N3OS3/c1-15-12-10-7-9(18-2)5-4-8(10)6-11(12)20-14-17-16-13(19-3)21-14/h4-5,7,11-12,15H,6H2,1-3H3. The molecule has 0 bridgehead atoms. The molecule has 112 valence electrons. The van der Waals surface area contributed by atoms with Crippen LogP contribution in [0.25, 0.3) is 0 Å². The van der Waals surface area contributed by atoms with Crippen LogP contribution in [0.15, 0.2) is 26.9 Å². The number of nitrogens with zero attached hydrogens (tertiary/aromatic N) is 2. The van der Waals surface area contributed by atoms with Crippen LogP contribution in [0.1, 0.15) is 17.2 Å². The van der Waals surface area contributed by atoms with Gasteiger partial charge in [-0.05, 0) is 43.0 Å². The number of thioether (sulfide) groups is 2. The molecular formula is C14H17N3OS3. The second-order valence-electron chi connectivity index (χ2n) is 4.73. The van der Waals surface area contributed by atoms with Crippen LogP contribution in [-0.2, 0) is 6.42 Å². The molecular weight excluding hydrogens is 322 g/mol. The molecule has 0 fully saturated rings. The van der Waals surface area contributed by atoms with Gasteiger partial charge in [0.15, 0.2) is 8.68 Å². The van der Waals surface area contributed by atoms with Crippen molar-refractivity contribution in [2.45, 2.75) is 26.4 Å². The van der Waals surface area contributed by atoms with E-state index in [-0.39, 0.29) is 0 Å². The van der Waals surface area contributed by atoms with E-state index in [1.54, 1.807) is 30.2 Å². The van der Waals surface area contributed by atoms with E-state index in [9.17, 15) is 0 Å². The minimum Gasteiger partial charge on any atom is -0.497 e. The van der Waals surface area contributed by atoms with Crippen molar-refractivity contribution in [2.75, 3.05) is 20.4 Å². The summed E-state index contributed by atoms with van der Waals surface area (Å²) >= 11 is 5.13. The van der Waals surface area contributed by atoms with Crippen molar-refractivity contribution in [1.82, 2.24) is 15.5 Å². The molecule has 1 N–H and O–H groups in total. The summed E-state index contributed by atoms with van der Waals surface area (Å²) in [7, 11) is 3.72. The lowest BCUT2D eigenvalue weighted by molar-refractivity contribution is 0.413. The Bertz CT molecular complexity index is 632. The summed E-state index contributed by atoms with van der Waals surface area (Å²) < 4.78 is 7.42. The molecule has 4 nitrogen and oxygen atoms in total. The summed E-state index contributed by atoms with van der Waals surface area (Å²) in [5.41, 5.74) is 2.73. The van der Waals surface area contributed by atoms with Crippen molar-refractivity contribution in [2.24, 2.45) is 0 Å². The molecule has 0 radical (unpaired) electrons. The van der Waals surface area contributed by atoms with Crippen molar-refractivity contribution >= 4 is 34.9 Å².